The van der Waals surface area contributed by atoms with E-state index in [1.165, 1.54) is 32.1 Å². The van der Waals surface area contributed by atoms with E-state index in [2.05, 4.69) is 26.1 Å². The molecular weight excluding hydrogens is 216 g/mol. The van der Waals surface area contributed by atoms with Crippen LogP contribution in [0.15, 0.2) is 12.7 Å². The van der Waals surface area contributed by atoms with Crippen LogP contribution in [0.25, 0.3) is 0 Å². The summed E-state index contributed by atoms with van der Waals surface area (Å²) in [4.78, 5) is 0. The number of ether oxygens (including phenoxy) is 1. The molecule has 16 heavy (non-hydrogen) atoms. The van der Waals surface area contributed by atoms with Crippen molar-refractivity contribution in [1.82, 2.24) is 0 Å². The molecule has 0 saturated heterocycles. The van der Waals surface area contributed by atoms with Crippen LogP contribution in [0, 0.1) is 0 Å². The van der Waals surface area contributed by atoms with E-state index in [1.54, 1.807) is 7.11 Å². The van der Waals surface area contributed by atoms with Gasteiger partial charge in [-0.1, -0.05) is 38.7 Å². The van der Waals surface area contributed by atoms with Gasteiger partial charge in [0, 0.05) is 7.11 Å². The minimum Gasteiger partial charge on any atom is -0.414 e. The summed E-state index contributed by atoms with van der Waals surface area (Å²) in [6.45, 7) is 9.81. The van der Waals surface area contributed by atoms with Gasteiger partial charge in [-0.3, -0.25) is 0 Å². The van der Waals surface area contributed by atoms with E-state index in [9.17, 15) is 0 Å². The van der Waals surface area contributed by atoms with Crippen LogP contribution in [0.4, 0.5) is 0 Å². The predicted octanol–water partition coefficient (Wildman–Crippen LogP) is 3.80. The first-order chi connectivity index (χ1) is 7.76. The third kappa shape index (κ3) is 8.08. The van der Waals surface area contributed by atoms with Crippen molar-refractivity contribution in [3.05, 3.63) is 12.7 Å². The summed E-state index contributed by atoms with van der Waals surface area (Å²) in [5.41, 5.74) is 0.582. The van der Waals surface area contributed by atoms with E-state index in [-0.39, 0.29) is 0 Å². The number of unbranched alkanes of at least 4 members (excludes halogenated alkanes) is 3. The van der Waals surface area contributed by atoms with E-state index >= 15 is 0 Å². The molecule has 0 fully saturated rings. The van der Waals surface area contributed by atoms with Crippen LogP contribution < -0.4 is 0 Å². The van der Waals surface area contributed by atoms with Crippen molar-refractivity contribution in [3.63, 3.8) is 0 Å². The Bertz CT molecular complexity index is 162. The molecule has 0 N–H and O–H groups in total. The summed E-state index contributed by atoms with van der Waals surface area (Å²) in [5, 5.41) is 0. The van der Waals surface area contributed by atoms with Gasteiger partial charge in [0.05, 0.1) is 13.2 Å². The van der Waals surface area contributed by atoms with E-state index in [4.69, 9.17) is 9.16 Å². The lowest BCUT2D eigenvalue weighted by Crippen LogP contribution is -2.22. The van der Waals surface area contributed by atoms with Crippen LogP contribution in [-0.2, 0) is 9.16 Å². The summed E-state index contributed by atoms with van der Waals surface area (Å²) in [6.07, 6.45) is 8.61. The van der Waals surface area contributed by atoms with Gasteiger partial charge in [-0.25, -0.2) is 0 Å². The largest absolute Gasteiger partial charge is 0.414 e. The Hall–Kier alpha value is -0.123. The highest BCUT2D eigenvalue weighted by Gasteiger charge is 2.17. The molecule has 0 saturated carbocycles. The third-order valence-corrected chi connectivity index (χ3v) is 5.02. The van der Waals surface area contributed by atoms with E-state index in [0.29, 0.717) is 12.1 Å². The first kappa shape index (κ1) is 15.9. The van der Waals surface area contributed by atoms with Gasteiger partial charge in [-0.05, 0) is 18.5 Å². The molecule has 0 aromatic carbocycles. The fourth-order valence-corrected chi connectivity index (χ4v) is 3.23. The highest BCUT2D eigenvalue weighted by molar-refractivity contribution is 6.52. The Labute approximate surface area is 103 Å². The summed E-state index contributed by atoms with van der Waals surface area (Å²) in [7, 11) is 0.973. The van der Waals surface area contributed by atoms with Gasteiger partial charge in [0.2, 0.25) is 9.04 Å². The second kappa shape index (κ2) is 11.4. The molecule has 1 radical (unpaired) electrons. The van der Waals surface area contributed by atoms with Crippen LogP contribution in [0.2, 0.25) is 12.1 Å². The van der Waals surface area contributed by atoms with Gasteiger partial charge in [-0.2, -0.15) is 0 Å². The maximum Gasteiger partial charge on any atom is 0.215 e. The van der Waals surface area contributed by atoms with Crippen molar-refractivity contribution in [2.24, 2.45) is 0 Å². The Morgan fingerprint density at radius 2 is 2.00 bits per heavy atom. The summed E-state index contributed by atoms with van der Waals surface area (Å²) < 4.78 is 10.8. The molecule has 0 rings (SSSR count). The molecule has 95 valence electrons. The predicted molar refractivity (Wildman–Crippen MR) is 72.2 cm³/mol. The van der Waals surface area contributed by atoms with Crippen LogP contribution in [0.3, 0.4) is 0 Å². The van der Waals surface area contributed by atoms with Gasteiger partial charge in [0.25, 0.3) is 0 Å². The zero-order valence-corrected chi connectivity index (χ0v) is 12.1. The SMILES string of the molecule is C=CC(CCCCCC)[Si](C)OCCOC. The molecule has 0 spiro atoms. The molecule has 3 heteroatoms. The minimum absolute atomic E-state index is 0.582. The van der Waals surface area contributed by atoms with Crippen molar-refractivity contribution in [3.8, 4) is 0 Å². The number of methoxy groups -OCH3 is 1. The lowest BCUT2D eigenvalue weighted by molar-refractivity contribution is 0.145. The molecule has 0 aliphatic carbocycles. The first-order valence-electron chi connectivity index (χ1n) is 6.34. The normalized spacial score (nSPS) is 13.0. The molecule has 0 aromatic rings. The molecule has 1 unspecified atom stereocenters. The van der Waals surface area contributed by atoms with Crippen LogP contribution in [-0.4, -0.2) is 29.4 Å². The van der Waals surface area contributed by atoms with Gasteiger partial charge < -0.3 is 9.16 Å². The summed E-state index contributed by atoms with van der Waals surface area (Å²) >= 11 is 0. The van der Waals surface area contributed by atoms with Crippen molar-refractivity contribution in [2.75, 3.05) is 20.3 Å². The average Bonchev–Trinajstić information content (AvgIpc) is 2.29. The second-order valence-corrected chi connectivity index (χ2v) is 6.39. The highest BCUT2D eigenvalue weighted by atomic mass is 28.3. The molecule has 0 bridgehead atoms. The van der Waals surface area contributed by atoms with E-state index < -0.39 is 9.04 Å². The average molecular weight is 243 g/mol. The number of allylic oxidation sites excluding steroid dienone is 1. The fourth-order valence-electron chi connectivity index (χ4n) is 1.67. The topological polar surface area (TPSA) is 18.5 Å². The second-order valence-electron chi connectivity index (χ2n) is 4.14. The highest BCUT2D eigenvalue weighted by Crippen LogP contribution is 2.21. The molecule has 1 atom stereocenters. The number of hydrogen-bond acceptors (Lipinski definition) is 2. The molecule has 0 heterocycles. The molecular formula is C13H27O2Si. The molecule has 2 nitrogen and oxygen atoms in total. The fraction of sp³-hybridized carbons (Fsp3) is 0.846. The lowest BCUT2D eigenvalue weighted by atomic mass is 10.1. The minimum atomic E-state index is -0.736. The Morgan fingerprint density at radius 3 is 2.56 bits per heavy atom. The molecule has 0 aromatic heterocycles. The van der Waals surface area contributed by atoms with E-state index in [1.807, 2.05) is 0 Å². The van der Waals surface area contributed by atoms with Crippen LogP contribution >= 0.6 is 0 Å². The van der Waals surface area contributed by atoms with Crippen LogP contribution in [0.5, 0.6) is 0 Å². The zero-order chi connectivity index (χ0) is 12.2. The maximum absolute atomic E-state index is 5.80. The quantitative estimate of drug-likeness (QED) is 0.312. The van der Waals surface area contributed by atoms with Gasteiger partial charge in [-0.15, -0.1) is 6.58 Å². The molecule has 0 amide bonds. The van der Waals surface area contributed by atoms with Crippen molar-refractivity contribution in [2.45, 2.75) is 51.1 Å². The van der Waals surface area contributed by atoms with Crippen LogP contribution in [0.1, 0.15) is 39.0 Å². The van der Waals surface area contributed by atoms with Crippen molar-refractivity contribution in [1.29, 1.82) is 0 Å². The summed E-state index contributed by atoms with van der Waals surface area (Å²) in [5.74, 6) is 0. The van der Waals surface area contributed by atoms with Crippen molar-refractivity contribution >= 4 is 9.04 Å². The third-order valence-electron chi connectivity index (χ3n) is 2.79. The summed E-state index contributed by atoms with van der Waals surface area (Å²) in [6, 6.07) is 0. The van der Waals surface area contributed by atoms with Gasteiger partial charge in [0.15, 0.2) is 0 Å². The van der Waals surface area contributed by atoms with E-state index in [0.717, 1.165) is 6.61 Å². The first-order valence-corrected chi connectivity index (χ1v) is 8.32. The van der Waals surface area contributed by atoms with Gasteiger partial charge in [0.1, 0.15) is 0 Å². The Balaban J connectivity index is 3.65. The smallest absolute Gasteiger partial charge is 0.215 e. The standard InChI is InChI=1S/C13H27O2Si/c1-5-7-8-9-10-13(6-2)16(4)15-12-11-14-3/h6,13H,2,5,7-12H2,1,3-4H3. The maximum atomic E-state index is 5.80. The van der Waals surface area contributed by atoms with Gasteiger partial charge >= 0.3 is 0 Å². The zero-order valence-electron chi connectivity index (χ0n) is 11.1. The Kier molecular flexibility index (Phi) is 11.3. The molecule has 0 aliphatic rings. The number of hydrogen-bond donors (Lipinski definition) is 0. The van der Waals surface area contributed by atoms with Crippen molar-refractivity contribution < 1.29 is 9.16 Å². The number of rotatable bonds is 11. The lowest BCUT2D eigenvalue weighted by Gasteiger charge is -2.18. The Morgan fingerprint density at radius 1 is 1.25 bits per heavy atom. The molecule has 0 aliphatic heterocycles. The monoisotopic (exact) mass is 243 g/mol.